The number of amides is 1. The van der Waals surface area contributed by atoms with E-state index in [1.165, 1.54) is 9.21 Å². The summed E-state index contributed by atoms with van der Waals surface area (Å²) in [6.07, 6.45) is 0.729. The lowest BCUT2D eigenvalue weighted by molar-refractivity contribution is -0.305. The molecule has 17 heavy (non-hydrogen) atoms. The summed E-state index contributed by atoms with van der Waals surface area (Å²) in [5.74, 6) is -1.53. The van der Waals surface area contributed by atoms with E-state index in [4.69, 9.17) is 0 Å². The summed E-state index contributed by atoms with van der Waals surface area (Å²) < 4.78 is 23.7. The summed E-state index contributed by atoms with van der Waals surface area (Å²) in [7, 11) is -3.21. The third-order valence-electron chi connectivity index (χ3n) is 2.60. The molecule has 1 heterocycles. The van der Waals surface area contributed by atoms with Gasteiger partial charge in [-0.3, -0.25) is 4.79 Å². The standard InChI is InChI=1S/C9H16N2O5S/c1-17(15,16)11-6-4-10(5-7-11)8(12)2-3-9(13)14/h2-7H2,1H3,(H,13,14)/p-1. The zero-order valence-electron chi connectivity index (χ0n) is 9.59. The van der Waals surface area contributed by atoms with E-state index in [9.17, 15) is 23.1 Å². The molecular weight excluding hydrogens is 248 g/mol. The lowest BCUT2D eigenvalue weighted by Gasteiger charge is -2.33. The first-order valence-electron chi connectivity index (χ1n) is 5.23. The largest absolute Gasteiger partial charge is 0.550 e. The second kappa shape index (κ2) is 5.46. The van der Waals surface area contributed by atoms with Crippen LogP contribution in [0.5, 0.6) is 0 Å². The fourth-order valence-corrected chi connectivity index (χ4v) is 2.46. The smallest absolute Gasteiger partial charge is 0.223 e. The minimum absolute atomic E-state index is 0.0960. The van der Waals surface area contributed by atoms with E-state index in [0.29, 0.717) is 13.1 Å². The maximum absolute atomic E-state index is 11.5. The highest BCUT2D eigenvalue weighted by atomic mass is 32.2. The number of piperazine rings is 1. The van der Waals surface area contributed by atoms with Gasteiger partial charge in [-0.15, -0.1) is 0 Å². The van der Waals surface area contributed by atoms with E-state index in [1.54, 1.807) is 0 Å². The number of sulfonamides is 1. The molecule has 0 radical (unpaired) electrons. The van der Waals surface area contributed by atoms with Crippen molar-refractivity contribution in [2.24, 2.45) is 0 Å². The Morgan fingerprint density at radius 1 is 1.12 bits per heavy atom. The molecular formula is C9H15N2O5S-. The average Bonchev–Trinajstić information content (AvgIpc) is 2.25. The van der Waals surface area contributed by atoms with E-state index in [-0.39, 0.29) is 31.8 Å². The lowest BCUT2D eigenvalue weighted by Crippen LogP contribution is -2.50. The Kier molecular flexibility index (Phi) is 4.47. The second-order valence-corrected chi connectivity index (χ2v) is 5.90. The molecule has 0 aromatic rings. The zero-order chi connectivity index (χ0) is 13.1. The summed E-state index contributed by atoms with van der Waals surface area (Å²) in [4.78, 5) is 23.2. The monoisotopic (exact) mass is 263 g/mol. The topological polar surface area (TPSA) is 97.8 Å². The molecule has 1 fully saturated rings. The average molecular weight is 263 g/mol. The van der Waals surface area contributed by atoms with Crippen LogP contribution in [0, 0.1) is 0 Å². The maximum atomic E-state index is 11.5. The molecule has 0 aromatic carbocycles. The molecule has 0 spiro atoms. The molecule has 0 aliphatic carbocycles. The maximum Gasteiger partial charge on any atom is 0.223 e. The number of nitrogens with zero attached hydrogens (tertiary/aromatic N) is 2. The number of carboxylic acids is 1. The molecule has 1 amide bonds. The molecule has 0 saturated carbocycles. The molecule has 0 aromatic heterocycles. The Bertz CT molecular complexity index is 398. The highest BCUT2D eigenvalue weighted by Gasteiger charge is 2.25. The molecule has 8 heteroatoms. The Morgan fingerprint density at radius 2 is 1.65 bits per heavy atom. The Morgan fingerprint density at radius 3 is 2.06 bits per heavy atom. The molecule has 98 valence electrons. The number of carbonyl (C=O) groups is 2. The summed E-state index contributed by atoms with van der Waals surface area (Å²) in [6, 6.07) is 0. The van der Waals surface area contributed by atoms with Gasteiger partial charge >= 0.3 is 0 Å². The fourth-order valence-electron chi connectivity index (χ4n) is 1.64. The predicted molar refractivity (Wildman–Crippen MR) is 57.2 cm³/mol. The van der Waals surface area contributed by atoms with Gasteiger partial charge in [0.25, 0.3) is 0 Å². The highest BCUT2D eigenvalue weighted by molar-refractivity contribution is 7.88. The van der Waals surface area contributed by atoms with Crippen LogP contribution in [0.2, 0.25) is 0 Å². The van der Waals surface area contributed by atoms with Crippen molar-refractivity contribution in [1.29, 1.82) is 0 Å². The van der Waals surface area contributed by atoms with Crippen molar-refractivity contribution in [2.75, 3.05) is 32.4 Å². The number of rotatable bonds is 4. The SMILES string of the molecule is CS(=O)(=O)N1CCN(C(=O)CCC(=O)[O-])CC1. The van der Waals surface area contributed by atoms with Gasteiger partial charge in [-0.05, 0) is 6.42 Å². The Labute approximate surface area is 100 Å². The molecule has 0 bridgehead atoms. The number of carboxylic acid groups (broad SMARTS) is 1. The molecule has 0 N–H and O–H groups in total. The second-order valence-electron chi connectivity index (χ2n) is 3.91. The summed E-state index contributed by atoms with van der Waals surface area (Å²) >= 11 is 0. The van der Waals surface area contributed by atoms with Gasteiger partial charge in [0, 0.05) is 38.6 Å². The Hall–Kier alpha value is -1.15. The van der Waals surface area contributed by atoms with Crippen LogP contribution < -0.4 is 5.11 Å². The lowest BCUT2D eigenvalue weighted by atomic mass is 10.2. The van der Waals surface area contributed by atoms with Crippen molar-refractivity contribution >= 4 is 21.9 Å². The summed E-state index contributed by atoms with van der Waals surface area (Å²) in [5, 5.41) is 10.2. The predicted octanol–water partition coefficient (Wildman–Crippen LogP) is -2.38. The minimum atomic E-state index is -3.21. The van der Waals surface area contributed by atoms with Gasteiger partial charge in [0.1, 0.15) is 0 Å². The number of carbonyl (C=O) groups excluding carboxylic acids is 2. The molecule has 0 unspecified atom stereocenters. The third-order valence-corrected chi connectivity index (χ3v) is 3.91. The van der Waals surface area contributed by atoms with Gasteiger partial charge in [-0.2, -0.15) is 4.31 Å². The number of hydrogen-bond donors (Lipinski definition) is 0. The molecule has 1 aliphatic rings. The van der Waals surface area contributed by atoms with Crippen LogP contribution in [0.1, 0.15) is 12.8 Å². The number of aliphatic carboxylic acids is 1. The van der Waals surface area contributed by atoms with Crippen LogP contribution in [-0.2, 0) is 19.6 Å². The Balaban J connectivity index is 2.41. The molecule has 1 aliphatic heterocycles. The van der Waals surface area contributed by atoms with Crippen LogP contribution in [0.15, 0.2) is 0 Å². The van der Waals surface area contributed by atoms with Gasteiger partial charge in [0.2, 0.25) is 15.9 Å². The molecule has 7 nitrogen and oxygen atoms in total. The third kappa shape index (κ3) is 4.31. The van der Waals surface area contributed by atoms with Gasteiger partial charge in [0.05, 0.1) is 6.26 Å². The summed E-state index contributed by atoms with van der Waals surface area (Å²) in [5.41, 5.74) is 0. The van der Waals surface area contributed by atoms with Crippen molar-refractivity contribution in [3.05, 3.63) is 0 Å². The van der Waals surface area contributed by atoms with Crippen molar-refractivity contribution in [2.45, 2.75) is 12.8 Å². The molecule has 1 rings (SSSR count). The van der Waals surface area contributed by atoms with E-state index in [2.05, 4.69) is 0 Å². The molecule has 0 atom stereocenters. The van der Waals surface area contributed by atoms with Gasteiger partial charge < -0.3 is 14.8 Å². The first kappa shape index (κ1) is 13.9. The van der Waals surface area contributed by atoms with Crippen LogP contribution in [0.4, 0.5) is 0 Å². The van der Waals surface area contributed by atoms with Gasteiger partial charge in [0.15, 0.2) is 0 Å². The van der Waals surface area contributed by atoms with E-state index in [0.717, 1.165) is 6.26 Å². The van der Waals surface area contributed by atoms with Crippen LogP contribution in [-0.4, -0.2) is 61.9 Å². The van der Waals surface area contributed by atoms with Crippen molar-refractivity contribution in [1.82, 2.24) is 9.21 Å². The molecule has 1 saturated heterocycles. The van der Waals surface area contributed by atoms with E-state index < -0.39 is 16.0 Å². The van der Waals surface area contributed by atoms with E-state index in [1.807, 2.05) is 0 Å². The van der Waals surface area contributed by atoms with Gasteiger partial charge in [-0.25, -0.2) is 8.42 Å². The fraction of sp³-hybridized carbons (Fsp3) is 0.778. The zero-order valence-corrected chi connectivity index (χ0v) is 10.4. The van der Waals surface area contributed by atoms with Crippen LogP contribution in [0.25, 0.3) is 0 Å². The quantitative estimate of drug-likeness (QED) is 0.564. The first-order valence-corrected chi connectivity index (χ1v) is 7.08. The first-order chi connectivity index (χ1) is 7.80. The van der Waals surface area contributed by atoms with E-state index >= 15 is 0 Å². The number of hydrogen-bond acceptors (Lipinski definition) is 5. The minimum Gasteiger partial charge on any atom is -0.550 e. The van der Waals surface area contributed by atoms with Crippen molar-refractivity contribution in [3.63, 3.8) is 0 Å². The van der Waals surface area contributed by atoms with Crippen LogP contribution >= 0.6 is 0 Å². The highest BCUT2D eigenvalue weighted by Crippen LogP contribution is 2.07. The van der Waals surface area contributed by atoms with Crippen molar-refractivity contribution in [3.8, 4) is 0 Å². The summed E-state index contributed by atoms with van der Waals surface area (Å²) in [6.45, 7) is 1.13. The normalized spacial score (nSPS) is 18.1. The van der Waals surface area contributed by atoms with Gasteiger partial charge in [-0.1, -0.05) is 0 Å². The van der Waals surface area contributed by atoms with Crippen molar-refractivity contribution < 1.29 is 23.1 Å². The van der Waals surface area contributed by atoms with Crippen LogP contribution in [0.3, 0.4) is 0 Å².